The van der Waals surface area contributed by atoms with Gasteiger partial charge in [-0.25, -0.2) is 4.98 Å². The lowest BCUT2D eigenvalue weighted by Gasteiger charge is -2.26. The van der Waals surface area contributed by atoms with Gasteiger partial charge in [0.2, 0.25) is 0 Å². The van der Waals surface area contributed by atoms with Crippen LogP contribution in [0.15, 0.2) is 73.1 Å². The molecule has 0 aliphatic carbocycles. The molecule has 2 aromatic heterocycles. The number of carbonyl (C=O) groups excluding carboxylic acids is 1. The Kier molecular flexibility index (Phi) is 3.53. The van der Waals surface area contributed by atoms with Crippen molar-refractivity contribution in [3.05, 3.63) is 95.3 Å². The van der Waals surface area contributed by atoms with Crippen LogP contribution >= 0.6 is 0 Å². The molecule has 30 heavy (non-hydrogen) atoms. The zero-order chi connectivity index (χ0) is 20.2. The largest absolute Gasteiger partial charge is 0.321 e. The second kappa shape index (κ2) is 6.26. The maximum absolute atomic E-state index is 12.9. The van der Waals surface area contributed by atoms with Gasteiger partial charge in [0.1, 0.15) is 5.82 Å². The third kappa shape index (κ3) is 2.32. The fourth-order valence-electron chi connectivity index (χ4n) is 4.47. The van der Waals surface area contributed by atoms with Gasteiger partial charge in [-0.2, -0.15) is 0 Å². The summed E-state index contributed by atoms with van der Waals surface area (Å²) in [5.74, 6) is 0.911. The minimum atomic E-state index is 0.0275. The molecule has 144 valence electrons. The molecule has 5 heteroatoms. The molecule has 0 radical (unpaired) electrons. The molecule has 0 saturated carbocycles. The van der Waals surface area contributed by atoms with E-state index in [4.69, 9.17) is 4.98 Å². The van der Waals surface area contributed by atoms with Crippen molar-refractivity contribution in [3.8, 4) is 0 Å². The number of rotatable bonds is 2. The number of anilines is 2. The summed E-state index contributed by atoms with van der Waals surface area (Å²) in [5.41, 5.74) is 6.75. The third-order valence-electron chi connectivity index (χ3n) is 5.92. The highest BCUT2D eigenvalue weighted by Gasteiger charge is 2.35. The molecule has 4 aromatic rings. The molecular weight excluding hydrogens is 372 g/mol. The maximum Gasteiger partial charge on any atom is 0.258 e. The van der Waals surface area contributed by atoms with E-state index in [1.165, 1.54) is 0 Å². The second-order valence-corrected chi connectivity index (χ2v) is 7.58. The molecule has 4 heterocycles. The summed E-state index contributed by atoms with van der Waals surface area (Å²) in [4.78, 5) is 26.0. The van der Waals surface area contributed by atoms with Crippen molar-refractivity contribution in [2.45, 2.75) is 6.54 Å². The number of para-hydroxylation sites is 1. The van der Waals surface area contributed by atoms with E-state index in [1.807, 2.05) is 55.8 Å². The maximum atomic E-state index is 12.9. The van der Waals surface area contributed by atoms with Gasteiger partial charge in [0, 0.05) is 36.0 Å². The number of aromatic nitrogens is 2. The molecule has 0 atom stereocenters. The van der Waals surface area contributed by atoms with Crippen LogP contribution < -0.4 is 4.90 Å². The molecule has 2 aliphatic heterocycles. The molecule has 2 aromatic carbocycles. The van der Waals surface area contributed by atoms with Crippen LogP contribution in [0.3, 0.4) is 0 Å². The summed E-state index contributed by atoms with van der Waals surface area (Å²) >= 11 is 0. The van der Waals surface area contributed by atoms with E-state index in [0.717, 1.165) is 50.4 Å². The lowest BCUT2D eigenvalue weighted by molar-refractivity contribution is 0.0875. The van der Waals surface area contributed by atoms with Gasteiger partial charge in [0.15, 0.2) is 0 Å². The Morgan fingerprint density at radius 2 is 1.80 bits per heavy atom. The van der Waals surface area contributed by atoms with Crippen LogP contribution in [0.2, 0.25) is 0 Å². The Morgan fingerprint density at radius 1 is 0.900 bits per heavy atom. The highest BCUT2D eigenvalue weighted by atomic mass is 16.2. The number of carbonyl (C=O) groups is 1. The van der Waals surface area contributed by atoms with Gasteiger partial charge in [-0.15, -0.1) is 0 Å². The standard InChI is InChI=1S/C25H18N4O/c1-28-22-14-16-6-5-12-27-24(16)29(21-10-4-8-19(23(21)22)25(28)30)15-17-11-13-26-20-9-3-2-7-18(17)20/h2-14H,15H2,1H3. The van der Waals surface area contributed by atoms with Crippen molar-refractivity contribution in [1.29, 1.82) is 0 Å². The molecule has 0 saturated heterocycles. The van der Waals surface area contributed by atoms with Gasteiger partial charge in [-0.3, -0.25) is 9.78 Å². The Hall–Kier alpha value is -3.99. The van der Waals surface area contributed by atoms with Gasteiger partial charge in [0.25, 0.3) is 5.91 Å². The number of nitrogens with zero attached hydrogens (tertiary/aromatic N) is 4. The normalized spacial score (nSPS) is 14.4. The molecule has 1 amide bonds. The van der Waals surface area contributed by atoms with Crippen molar-refractivity contribution < 1.29 is 4.79 Å². The predicted octanol–water partition coefficient (Wildman–Crippen LogP) is 4.87. The average molecular weight is 390 g/mol. The summed E-state index contributed by atoms with van der Waals surface area (Å²) in [7, 11) is 1.83. The molecule has 6 rings (SSSR count). The number of hydrogen-bond acceptors (Lipinski definition) is 4. The Bertz CT molecular complexity index is 1370. The first-order valence-corrected chi connectivity index (χ1v) is 9.91. The van der Waals surface area contributed by atoms with Crippen LogP contribution in [0.25, 0.3) is 22.7 Å². The van der Waals surface area contributed by atoms with E-state index in [2.05, 4.69) is 40.2 Å². The smallest absolute Gasteiger partial charge is 0.258 e. The van der Waals surface area contributed by atoms with Crippen LogP contribution in [-0.4, -0.2) is 27.8 Å². The van der Waals surface area contributed by atoms with Crippen LogP contribution in [0, 0.1) is 0 Å². The summed E-state index contributed by atoms with van der Waals surface area (Å²) in [6, 6.07) is 20.2. The summed E-state index contributed by atoms with van der Waals surface area (Å²) in [5, 5.41) is 1.12. The number of amides is 1. The van der Waals surface area contributed by atoms with E-state index >= 15 is 0 Å². The minimum Gasteiger partial charge on any atom is -0.321 e. The fraction of sp³-hybridized carbons (Fsp3) is 0.0800. The SMILES string of the molecule is CN1C(=O)c2cccc3c2C1=Cc1cccnc1N3Cc1ccnc2ccccc12. The zero-order valence-corrected chi connectivity index (χ0v) is 16.4. The zero-order valence-electron chi connectivity index (χ0n) is 16.4. The van der Waals surface area contributed by atoms with E-state index in [-0.39, 0.29) is 5.91 Å². The third-order valence-corrected chi connectivity index (χ3v) is 5.92. The Balaban J connectivity index is 1.60. The molecular formula is C25H18N4O. The van der Waals surface area contributed by atoms with Crippen LogP contribution in [-0.2, 0) is 6.54 Å². The minimum absolute atomic E-state index is 0.0275. The van der Waals surface area contributed by atoms with Crippen molar-refractivity contribution in [3.63, 3.8) is 0 Å². The molecule has 0 bridgehead atoms. The van der Waals surface area contributed by atoms with Gasteiger partial charge in [0.05, 0.1) is 29.0 Å². The van der Waals surface area contributed by atoms with Crippen LogP contribution in [0.5, 0.6) is 0 Å². The number of benzene rings is 2. The van der Waals surface area contributed by atoms with Crippen molar-refractivity contribution in [1.82, 2.24) is 14.9 Å². The lowest BCUT2D eigenvalue weighted by Crippen LogP contribution is -2.19. The predicted molar refractivity (Wildman–Crippen MR) is 118 cm³/mol. The van der Waals surface area contributed by atoms with E-state index in [0.29, 0.717) is 6.54 Å². The van der Waals surface area contributed by atoms with E-state index in [9.17, 15) is 4.79 Å². The quantitative estimate of drug-likeness (QED) is 0.490. The molecule has 0 spiro atoms. The molecule has 0 unspecified atom stereocenters. The van der Waals surface area contributed by atoms with Crippen molar-refractivity contribution in [2.24, 2.45) is 0 Å². The highest BCUT2D eigenvalue weighted by Crippen LogP contribution is 2.45. The summed E-state index contributed by atoms with van der Waals surface area (Å²) in [6.45, 7) is 0.628. The average Bonchev–Trinajstić information content (AvgIpc) is 2.94. The number of pyridine rings is 2. The van der Waals surface area contributed by atoms with Crippen molar-refractivity contribution >= 4 is 40.1 Å². The Morgan fingerprint density at radius 3 is 2.73 bits per heavy atom. The van der Waals surface area contributed by atoms with Gasteiger partial charge >= 0.3 is 0 Å². The first-order valence-electron chi connectivity index (χ1n) is 9.91. The fourth-order valence-corrected chi connectivity index (χ4v) is 4.47. The first kappa shape index (κ1) is 16.9. The molecule has 5 nitrogen and oxygen atoms in total. The van der Waals surface area contributed by atoms with Crippen LogP contribution in [0.4, 0.5) is 11.5 Å². The Labute approximate surface area is 173 Å². The first-order chi connectivity index (χ1) is 14.7. The van der Waals surface area contributed by atoms with Crippen molar-refractivity contribution in [2.75, 3.05) is 11.9 Å². The van der Waals surface area contributed by atoms with Crippen LogP contribution in [0.1, 0.15) is 27.0 Å². The number of hydrogen-bond donors (Lipinski definition) is 0. The summed E-state index contributed by atoms with van der Waals surface area (Å²) < 4.78 is 0. The molecule has 0 N–H and O–H groups in total. The highest BCUT2D eigenvalue weighted by molar-refractivity contribution is 6.15. The van der Waals surface area contributed by atoms with Gasteiger partial charge in [-0.1, -0.05) is 24.3 Å². The second-order valence-electron chi connectivity index (χ2n) is 7.58. The van der Waals surface area contributed by atoms with E-state index in [1.54, 1.807) is 4.90 Å². The lowest BCUT2D eigenvalue weighted by atomic mass is 10.0. The van der Waals surface area contributed by atoms with Gasteiger partial charge < -0.3 is 9.80 Å². The molecule has 2 aliphatic rings. The van der Waals surface area contributed by atoms with E-state index < -0.39 is 0 Å². The van der Waals surface area contributed by atoms with Gasteiger partial charge in [-0.05, 0) is 48.0 Å². The topological polar surface area (TPSA) is 49.3 Å². The summed E-state index contributed by atoms with van der Waals surface area (Å²) in [6.07, 6.45) is 5.74. The molecule has 0 fully saturated rings. The monoisotopic (exact) mass is 390 g/mol. The number of fused-ring (bicyclic) bond motifs is 2.